The molecule has 1 N–H and O–H groups in total. The van der Waals surface area contributed by atoms with Gasteiger partial charge in [0.25, 0.3) is 0 Å². The van der Waals surface area contributed by atoms with Crippen LogP contribution < -0.4 is 10.1 Å². The number of rotatable bonds is 6. The van der Waals surface area contributed by atoms with E-state index in [0.29, 0.717) is 0 Å². The second-order valence-corrected chi connectivity index (χ2v) is 9.61. The van der Waals surface area contributed by atoms with Crippen molar-refractivity contribution in [2.75, 3.05) is 12.4 Å². The number of fused-ring (bicyclic) bond motifs is 1. The predicted molar refractivity (Wildman–Crippen MR) is 134 cm³/mol. The van der Waals surface area contributed by atoms with Crippen LogP contribution in [0.25, 0.3) is 22.2 Å². The molecule has 1 saturated carbocycles. The van der Waals surface area contributed by atoms with Gasteiger partial charge in [0.15, 0.2) is 0 Å². The molecular formula is C26H30N8O. The van der Waals surface area contributed by atoms with Gasteiger partial charge in [0.2, 0.25) is 0 Å². The quantitative estimate of drug-likeness (QED) is 0.429. The Morgan fingerprint density at radius 1 is 1.17 bits per heavy atom. The molecule has 180 valence electrons. The Balaban J connectivity index is 1.44. The molecule has 0 saturated heterocycles. The first-order valence-corrected chi connectivity index (χ1v) is 12.0. The highest BCUT2D eigenvalue weighted by atomic mass is 16.5. The van der Waals surface area contributed by atoms with E-state index < -0.39 is 5.54 Å². The summed E-state index contributed by atoms with van der Waals surface area (Å²) in [6.07, 6.45) is 11.3. The van der Waals surface area contributed by atoms with Gasteiger partial charge in [0.05, 0.1) is 35.6 Å². The summed E-state index contributed by atoms with van der Waals surface area (Å²) in [7, 11) is 1.87. The molecule has 0 unspecified atom stereocenters. The lowest BCUT2D eigenvalue weighted by Crippen LogP contribution is -2.26. The molecule has 35 heavy (non-hydrogen) atoms. The van der Waals surface area contributed by atoms with E-state index in [0.717, 1.165) is 65.1 Å². The van der Waals surface area contributed by atoms with Crippen LogP contribution in [-0.2, 0) is 5.54 Å². The van der Waals surface area contributed by atoms with E-state index in [4.69, 9.17) is 9.84 Å². The van der Waals surface area contributed by atoms with Gasteiger partial charge in [0, 0.05) is 42.7 Å². The van der Waals surface area contributed by atoms with Crippen LogP contribution in [0.15, 0.2) is 43.0 Å². The van der Waals surface area contributed by atoms with E-state index in [9.17, 15) is 5.26 Å². The first-order chi connectivity index (χ1) is 16.9. The van der Waals surface area contributed by atoms with Crippen molar-refractivity contribution in [3.05, 3.63) is 48.7 Å². The zero-order chi connectivity index (χ0) is 24.6. The summed E-state index contributed by atoms with van der Waals surface area (Å²) in [6.45, 7) is 5.66. The molecule has 0 radical (unpaired) electrons. The number of anilines is 1. The number of nitrogens with zero attached hydrogens (tertiary/aromatic N) is 7. The summed E-state index contributed by atoms with van der Waals surface area (Å²) >= 11 is 0. The summed E-state index contributed by atoms with van der Waals surface area (Å²) in [5.74, 6) is 1.67. The zero-order valence-electron chi connectivity index (χ0n) is 20.6. The SMILES string of the molecule is CNc1cc2c(cn1)c(-c1cnn(C(C)(C)C#N)c1)nn2C1CCC(Oc2cccnc2C)CC1. The van der Waals surface area contributed by atoms with Crippen LogP contribution in [0.5, 0.6) is 5.75 Å². The number of nitriles is 1. The van der Waals surface area contributed by atoms with E-state index in [1.807, 2.05) is 52.3 Å². The van der Waals surface area contributed by atoms with Gasteiger partial charge in [-0.15, -0.1) is 0 Å². The van der Waals surface area contributed by atoms with Crippen LogP contribution in [0.2, 0.25) is 0 Å². The normalized spacial score (nSPS) is 18.4. The lowest BCUT2D eigenvalue weighted by molar-refractivity contribution is 0.129. The summed E-state index contributed by atoms with van der Waals surface area (Å²) in [5, 5.41) is 23.1. The van der Waals surface area contributed by atoms with E-state index >= 15 is 0 Å². The van der Waals surface area contributed by atoms with Crippen molar-refractivity contribution in [1.29, 1.82) is 5.26 Å². The number of ether oxygens (including phenoxy) is 1. The van der Waals surface area contributed by atoms with Gasteiger partial charge in [0.1, 0.15) is 22.8 Å². The Hall–Kier alpha value is -3.93. The van der Waals surface area contributed by atoms with Crippen molar-refractivity contribution < 1.29 is 4.74 Å². The number of aryl methyl sites for hydroxylation is 1. The molecule has 0 spiro atoms. The molecule has 4 aromatic heterocycles. The minimum absolute atomic E-state index is 0.177. The van der Waals surface area contributed by atoms with Gasteiger partial charge >= 0.3 is 0 Å². The zero-order valence-corrected chi connectivity index (χ0v) is 20.6. The Labute approximate surface area is 204 Å². The maximum Gasteiger partial charge on any atom is 0.143 e. The monoisotopic (exact) mass is 470 g/mol. The minimum Gasteiger partial charge on any atom is -0.489 e. The van der Waals surface area contributed by atoms with Crippen LogP contribution in [-0.4, -0.2) is 42.7 Å². The molecular weight excluding hydrogens is 440 g/mol. The van der Waals surface area contributed by atoms with Crippen molar-refractivity contribution in [2.45, 2.75) is 64.1 Å². The summed E-state index contributed by atoms with van der Waals surface area (Å²) in [6, 6.07) is 8.51. The molecule has 0 atom stereocenters. The van der Waals surface area contributed by atoms with Crippen LogP contribution >= 0.6 is 0 Å². The first kappa shape index (κ1) is 22.8. The summed E-state index contributed by atoms with van der Waals surface area (Å²) in [5.41, 5.74) is 2.93. The molecule has 1 fully saturated rings. The minimum atomic E-state index is -0.737. The molecule has 0 bridgehead atoms. The van der Waals surface area contributed by atoms with Crippen molar-refractivity contribution in [2.24, 2.45) is 0 Å². The third kappa shape index (κ3) is 4.32. The van der Waals surface area contributed by atoms with Gasteiger partial charge in [-0.2, -0.15) is 15.5 Å². The van der Waals surface area contributed by atoms with Gasteiger partial charge in [-0.1, -0.05) is 0 Å². The fraction of sp³-hybridized carbons (Fsp3) is 0.423. The van der Waals surface area contributed by atoms with E-state index in [-0.39, 0.29) is 12.1 Å². The summed E-state index contributed by atoms with van der Waals surface area (Å²) < 4.78 is 10.1. The van der Waals surface area contributed by atoms with Crippen LogP contribution in [0.3, 0.4) is 0 Å². The van der Waals surface area contributed by atoms with Crippen molar-refractivity contribution >= 4 is 16.7 Å². The Morgan fingerprint density at radius 2 is 1.97 bits per heavy atom. The Morgan fingerprint density at radius 3 is 2.69 bits per heavy atom. The fourth-order valence-corrected chi connectivity index (χ4v) is 4.64. The number of hydrogen-bond acceptors (Lipinski definition) is 7. The van der Waals surface area contributed by atoms with Crippen LogP contribution in [0.4, 0.5) is 5.82 Å². The largest absolute Gasteiger partial charge is 0.489 e. The fourth-order valence-electron chi connectivity index (χ4n) is 4.64. The molecule has 0 aromatic carbocycles. The Kier molecular flexibility index (Phi) is 5.89. The maximum absolute atomic E-state index is 9.50. The number of hydrogen-bond donors (Lipinski definition) is 1. The highest BCUT2D eigenvalue weighted by Gasteiger charge is 2.28. The third-order valence-electron chi connectivity index (χ3n) is 6.79. The highest BCUT2D eigenvalue weighted by Crippen LogP contribution is 2.37. The molecule has 1 aliphatic rings. The molecule has 4 heterocycles. The number of pyridine rings is 2. The molecule has 0 amide bonds. The lowest BCUT2D eigenvalue weighted by Gasteiger charge is -2.29. The van der Waals surface area contributed by atoms with Gasteiger partial charge in [-0.3, -0.25) is 14.3 Å². The average Bonchev–Trinajstić information content (AvgIpc) is 3.51. The van der Waals surface area contributed by atoms with E-state index in [1.165, 1.54) is 0 Å². The maximum atomic E-state index is 9.50. The van der Waals surface area contributed by atoms with Crippen molar-refractivity contribution in [3.8, 4) is 23.1 Å². The second-order valence-electron chi connectivity index (χ2n) is 9.61. The van der Waals surface area contributed by atoms with Gasteiger partial charge in [-0.25, -0.2) is 4.98 Å². The van der Waals surface area contributed by atoms with Crippen LogP contribution in [0.1, 0.15) is 51.3 Å². The Bertz CT molecular complexity index is 1390. The van der Waals surface area contributed by atoms with Crippen LogP contribution in [0, 0.1) is 18.3 Å². The number of aromatic nitrogens is 6. The van der Waals surface area contributed by atoms with E-state index in [1.54, 1.807) is 17.1 Å². The van der Waals surface area contributed by atoms with Crippen molar-refractivity contribution in [3.63, 3.8) is 0 Å². The van der Waals surface area contributed by atoms with Gasteiger partial charge < -0.3 is 10.1 Å². The number of nitrogens with one attached hydrogen (secondary N) is 1. The van der Waals surface area contributed by atoms with E-state index in [2.05, 4.69) is 37.2 Å². The van der Waals surface area contributed by atoms with Gasteiger partial charge in [-0.05, 0) is 58.6 Å². The standard InChI is InChI=1S/C26H30N8O/c1-17-23(6-5-11-29-17)35-20-9-7-19(8-10-20)34-22-12-24(28-4)30-14-21(22)25(32-34)18-13-31-33(15-18)26(2,3)16-27/h5-6,11-15,19-20H,7-10H2,1-4H3,(H,28,30). The third-order valence-corrected chi connectivity index (χ3v) is 6.79. The van der Waals surface area contributed by atoms with Crippen molar-refractivity contribution in [1.82, 2.24) is 29.5 Å². The first-order valence-electron chi connectivity index (χ1n) is 12.0. The second kappa shape index (κ2) is 9.02. The predicted octanol–water partition coefficient (Wildman–Crippen LogP) is 4.86. The molecule has 0 aliphatic heterocycles. The lowest BCUT2D eigenvalue weighted by atomic mass is 9.93. The topological polar surface area (TPSA) is 106 Å². The molecule has 9 nitrogen and oxygen atoms in total. The summed E-state index contributed by atoms with van der Waals surface area (Å²) in [4.78, 5) is 8.87. The smallest absolute Gasteiger partial charge is 0.143 e. The molecule has 1 aliphatic carbocycles. The molecule has 9 heteroatoms. The average molecular weight is 471 g/mol. The highest BCUT2D eigenvalue weighted by molar-refractivity contribution is 5.93. The molecule has 4 aromatic rings. The molecule has 5 rings (SSSR count).